The zero-order valence-corrected chi connectivity index (χ0v) is 22.1. The highest BCUT2D eigenvalue weighted by Gasteiger charge is 2.17. The predicted molar refractivity (Wildman–Crippen MR) is 144 cm³/mol. The topological polar surface area (TPSA) is 76.0 Å². The van der Waals surface area contributed by atoms with Gasteiger partial charge in [0.1, 0.15) is 11.5 Å². The molecule has 0 saturated carbocycles. The summed E-state index contributed by atoms with van der Waals surface area (Å²) in [5.41, 5.74) is 3.78. The average Bonchev–Trinajstić information content (AvgIpc) is 2.85. The fraction of sp³-hybridized carbons (Fsp3) is 0.345. The van der Waals surface area contributed by atoms with E-state index in [-0.39, 0.29) is 5.56 Å². The van der Waals surface area contributed by atoms with Gasteiger partial charge in [-0.1, -0.05) is 56.7 Å². The molecule has 1 atom stereocenters. The molecule has 0 radical (unpaired) electrons. The molecule has 3 aromatic carbocycles. The van der Waals surface area contributed by atoms with E-state index < -0.39 is 14.3 Å². The number of hydrogen-bond donors (Lipinski definition) is 2. The number of ether oxygens (including phenoxy) is 2. The Morgan fingerprint density at radius 1 is 0.886 bits per heavy atom. The molecule has 0 heterocycles. The molecular weight excluding hydrogens is 456 g/mol. The van der Waals surface area contributed by atoms with Crippen LogP contribution in [-0.4, -0.2) is 37.4 Å². The molecule has 0 aliphatic rings. The Kier molecular flexibility index (Phi) is 9.12. The predicted octanol–water partition coefficient (Wildman–Crippen LogP) is 7.11. The van der Waals surface area contributed by atoms with Crippen molar-refractivity contribution in [3.05, 3.63) is 72.3 Å². The molecule has 3 aromatic rings. The summed E-state index contributed by atoms with van der Waals surface area (Å²) in [5.74, 6) is 1.03. The number of hydrogen-bond acceptors (Lipinski definition) is 4. The van der Waals surface area contributed by atoms with E-state index in [1.807, 2.05) is 61.6 Å². The van der Waals surface area contributed by atoms with Crippen molar-refractivity contribution in [2.45, 2.75) is 45.8 Å². The van der Waals surface area contributed by atoms with Crippen LogP contribution in [0.5, 0.6) is 11.5 Å². The van der Waals surface area contributed by atoms with E-state index in [2.05, 4.69) is 13.8 Å². The number of carboxylic acid groups (broad SMARTS) is 1. The first kappa shape index (κ1) is 26.5. The number of benzene rings is 3. The first-order valence-corrected chi connectivity index (χ1v) is 15.4. The van der Waals surface area contributed by atoms with Crippen LogP contribution in [0.3, 0.4) is 0 Å². The molecular formula is C29H36O5Si. The number of rotatable bonds is 12. The van der Waals surface area contributed by atoms with Crippen LogP contribution in [0.25, 0.3) is 22.3 Å². The molecule has 0 saturated heterocycles. The summed E-state index contributed by atoms with van der Waals surface area (Å²) >= 11 is 0. The first-order chi connectivity index (χ1) is 16.7. The molecule has 2 N–H and O–H groups in total. The van der Waals surface area contributed by atoms with Gasteiger partial charge < -0.3 is 19.4 Å². The Hall–Kier alpha value is -3.09. The molecule has 5 nitrogen and oxygen atoms in total. The fourth-order valence-electron chi connectivity index (χ4n) is 3.68. The molecule has 0 fully saturated rings. The van der Waals surface area contributed by atoms with Gasteiger partial charge in [-0.2, -0.15) is 0 Å². The Bertz CT molecular complexity index is 1100. The maximum Gasteiger partial charge on any atom is 0.336 e. The molecule has 0 spiro atoms. The van der Waals surface area contributed by atoms with Crippen molar-refractivity contribution in [3.63, 3.8) is 0 Å². The average molecular weight is 493 g/mol. The highest BCUT2D eigenvalue weighted by atomic mass is 28.4. The van der Waals surface area contributed by atoms with Gasteiger partial charge >= 0.3 is 5.97 Å². The molecule has 0 amide bonds. The van der Waals surface area contributed by atoms with Gasteiger partial charge in [-0.25, -0.2) is 4.79 Å². The van der Waals surface area contributed by atoms with Gasteiger partial charge in [-0.15, -0.1) is 0 Å². The van der Waals surface area contributed by atoms with Crippen LogP contribution in [0, 0.1) is 5.92 Å². The third-order valence-corrected chi connectivity index (χ3v) is 7.62. The molecule has 0 bridgehead atoms. The second kappa shape index (κ2) is 12.0. The Morgan fingerprint density at radius 3 is 2.03 bits per heavy atom. The molecule has 0 aliphatic heterocycles. The van der Waals surface area contributed by atoms with Gasteiger partial charge in [0.15, 0.2) is 8.32 Å². The second-order valence-electron chi connectivity index (χ2n) is 9.70. The highest BCUT2D eigenvalue weighted by molar-refractivity contribution is 6.69. The zero-order chi connectivity index (χ0) is 25.4. The van der Waals surface area contributed by atoms with Gasteiger partial charge in [0, 0.05) is 0 Å². The van der Waals surface area contributed by atoms with E-state index >= 15 is 0 Å². The van der Waals surface area contributed by atoms with Gasteiger partial charge in [0.2, 0.25) is 0 Å². The van der Waals surface area contributed by atoms with Crippen LogP contribution in [0.15, 0.2) is 66.7 Å². The Balaban J connectivity index is 1.74. The smallest absolute Gasteiger partial charge is 0.336 e. The van der Waals surface area contributed by atoms with Crippen LogP contribution in [0.2, 0.25) is 19.1 Å². The maximum absolute atomic E-state index is 11.8. The maximum atomic E-state index is 11.8. The van der Waals surface area contributed by atoms with Gasteiger partial charge in [0.05, 0.1) is 18.8 Å². The fourth-order valence-corrected chi connectivity index (χ4v) is 4.69. The van der Waals surface area contributed by atoms with Crippen LogP contribution in [0.4, 0.5) is 0 Å². The van der Waals surface area contributed by atoms with E-state index in [4.69, 9.17) is 9.47 Å². The first-order valence-electron chi connectivity index (χ1n) is 12.2. The van der Waals surface area contributed by atoms with Crippen molar-refractivity contribution in [1.29, 1.82) is 0 Å². The summed E-state index contributed by atoms with van der Waals surface area (Å²) in [5, 5.41) is 9.70. The van der Waals surface area contributed by atoms with E-state index in [9.17, 15) is 14.7 Å². The molecule has 6 heteroatoms. The van der Waals surface area contributed by atoms with Crippen LogP contribution in [-0.2, 0) is 0 Å². The minimum atomic E-state index is -2.09. The molecule has 0 unspecified atom stereocenters. The molecule has 3 rings (SSSR count). The van der Waals surface area contributed by atoms with Crippen molar-refractivity contribution in [2.24, 2.45) is 5.92 Å². The van der Waals surface area contributed by atoms with E-state index in [0.29, 0.717) is 30.4 Å². The van der Waals surface area contributed by atoms with Crippen molar-refractivity contribution >= 4 is 14.3 Å². The summed E-state index contributed by atoms with van der Waals surface area (Å²) in [6.45, 7) is 9.34. The third-order valence-electron chi connectivity index (χ3n) is 6.04. The van der Waals surface area contributed by atoms with Crippen LogP contribution in [0.1, 0.15) is 37.0 Å². The van der Waals surface area contributed by atoms with Gasteiger partial charge in [-0.05, 0) is 84.1 Å². The summed E-state index contributed by atoms with van der Waals surface area (Å²) in [6, 6.07) is 21.7. The monoisotopic (exact) mass is 492 g/mol. The zero-order valence-electron chi connectivity index (χ0n) is 21.1. The van der Waals surface area contributed by atoms with Gasteiger partial charge in [-0.3, -0.25) is 0 Å². The third kappa shape index (κ3) is 7.97. The van der Waals surface area contributed by atoms with E-state index in [0.717, 1.165) is 41.3 Å². The normalized spacial score (nSPS) is 12.3. The molecule has 35 heavy (non-hydrogen) atoms. The molecule has 0 aliphatic carbocycles. The van der Waals surface area contributed by atoms with Crippen molar-refractivity contribution < 1.29 is 24.2 Å². The largest absolute Gasteiger partial charge is 0.494 e. The molecule has 186 valence electrons. The van der Waals surface area contributed by atoms with Crippen molar-refractivity contribution in [1.82, 2.24) is 0 Å². The minimum absolute atomic E-state index is 0.233. The standard InChI is InChI=1S/C29H36O5Si/c1-5-21(2)20-34-25-13-11-23(12-14-25)22-7-9-24(10-8-22)28-19-26(15-16-27(28)29(30)31)33-17-6-18-35(3,4)32/h7-16,19,21,32H,5-6,17-18,20H2,1-4H3,(H,30,31)/t21-/m0/s1. The number of carbonyl (C=O) groups is 1. The lowest BCUT2D eigenvalue weighted by atomic mass is 9.96. The van der Waals surface area contributed by atoms with Crippen LogP contribution < -0.4 is 9.47 Å². The Labute approximate surface area is 209 Å². The van der Waals surface area contributed by atoms with Crippen molar-refractivity contribution in [3.8, 4) is 33.8 Å². The summed E-state index contributed by atoms with van der Waals surface area (Å²) in [7, 11) is -2.09. The summed E-state index contributed by atoms with van der Waals surface area (Å²) < 4.78 is 11.7. The highest BCUT2D eigenvalue weighted by Crippen LogP contribution is 2.31. The second-order valence-corrected chi connectivity index (χ2v) is 13.8. The Morgan fingerprint density at radius 2 is 1.46 bits per heavy atom. The van der Waals surface area contributed by atoms with Crippen LogP contribution >= 0.6 is 0 Å². The van der Waals surface area contributed by atoms with Crippen molar-refractivity contribution in [2.75, 3.05) is 13.2 Å². The van der Waals surface area contributed by atoms with Gasteiger partial charge in [0.25, 0.3) is 0 Å². The van der Waals surface area contributed by atoms with E-state index in [1.54, 1.807) is 18.2 Å². The summed E-state index contributed by atoms with van der Waals surface area (Å²) in [4.78, 5) is 21.8. The van der Waals surface area contributed by atoms with E-state index in [1.165, 1.54) is 0 Å². The molecule has 0 aromatic heterocycles. The lowest BCUT2D eigenvalue weighted by Gasteiger charge is -2.15. The summed E-state index contributed by atoms with van der Waals surface area (Å²) in [6.07, 6.45) is 1.86. The minimum Gasteiger partial charge on any atom is -0.494 e. The quantitative estimate of drug-likeness (QED) is 0.208. The lowest BCUT2D eigenvalue weighted by molar-refractivity contribution is 0.0697. The number of carboxylic acids is 1. The number of aromatic carboxylic acids is 1. The lowest BCUT2D eigenvalue weighted by Crippen LogP contribution is -2.25. The SMILES string of the molecule is CC[C@H](C)COc1ccc(-c2ccc(-c3cc(OCCC[Si](C)(C)O)ccc3C(=O)O)cc2)cc1.